The van der Waals surface area contributed by atoms with Gasteiger partial charge in [-0.05, 0) is 25.1 Å². The van der Waals surface area contributed by atoms with Gasteiger partial charge in [0.05, 0.1) is 25.5 Å². The second-order valence-corrected chi connectivity index (χ2v) is 5.20. The van der Waals surface area contributed by atoms with Crippen molar-refractivity contribution >= 4 is 23.7 Å². The lowest BCUT2D eigenvalue weighted by molar-refractivity contribution is 0.0955. The van der Waals surface area contributed by atoms with Gasteiger partial charge in [0.15, 0.2) is 0 Å². The van der Waals surface area contributed by atoms with E-state index in [1.54, 1.807) is 24.3 Å². The fourth-order valence-corrected chi connectivity index (χ4v) is 2.16. The Bertz CT molecular complexity index is 727. The first-order chi connectivity index (χ1) is 11.0. The SMILES string of the molecule is COc1cc(OC)c(/C=N\NC(=O)c2ccc(C)cc2)cc1Cl. The van der Waals surface area contributed by atoms with E-state index in [1.807, 2.05) is 19.1 Å². The van der Waals surface area contributed by atoms with Crippen molar-refractivity contribution in [2.75, 3.05) is 14.2 Å². The Morgan fingerprint density at radius 2 is 1.78 bits per heavy atom. The molecule has 0 fully saturated rings. The van der Waals surface area contributed by atoms with Gasteiger partial charge >= 0.3 is 0 Å². The molecule has 23 heavy (non-hydrogen) atoms. The third-order valence-corrected chi connectivity index (χ3v) is 3.48. The Morgan fingerprint density at radius 1 is 1.13 bits per heavy atom. The molecule has 0 aliphatic rings. The smallest absolute Gasteiger partial charge is 0.271 e. The van der Waals surface area contributed by atoms with Gasteiger partial charge < -0.3 is 9.47 Å². The molecule has 5 nitrogen and oxygen atoms in total. The third kappa shape index (κ3) is 4.23. The van der Waals surface area contributed by atoms with E-state index in [4.69, 9.17) is 21.1 Å². The van der Waals surface area contributed by atoms with Gasteiger partial charge in [0.2, 0.25) is 0 Å². The lowest BCUT2D eigenvalue weighted by Gasteiger charge is -2.09. The summed E-state index contributed by atoms with van der Waals surface area (Å²) in [7, 11) is 3.06. The fourth-order valence-electron chi connectivity index (χ4n) is 1.91. The average Bonchev–Trinajstić information content (AvgIpc) is 2.55. The van der Waals surface area contributed by atoms with Gasteiger partial charge in [0.1, 0.15) is 11.5 Å². The van der Waals surface area contributed by atoms with Gasteiger partial charge in [-0.1, -0.05) is 29.3 Å². The van der Waals surface area contributed by atoms with E-state index in [0.29, 0.717) is 27.6 Å². The standard InChI is InChI=1S/C17H17ClN2O3/c1-11-4-6-12(7-5-11)17(21)20-19-10-13-8-14(18)16(23-3)9-15(13)22-2/h4-10H,1-3H3,(H,20,21)/b19-10-. The molecule has 0 aliphatic carbocycles. The number of carbonyl (C=O) groups is 1. The number of amides is 1. The molecule has 0 heterocycles. The molecule has 0 aromatic heterocycles. The van der Waals surface area contributed by atoms with Crippen LogP contribution in [0.4, 0.5) is 0 Å². The number of methoxy groups -OCH3 is 2. The molecule has 0 radical (unpaired) electrons. The highest BCUT2D eigenvalue weighted by Crippen LogP contribution is 2.31. The first-order valence-electron chi connectivity index (χ1n) is 6.86. The molecule has 0 bridgehead atoms. The van der Waals surface area contributed by atoms with Crippen LogP contribution in [-0.4, -0.2) is 26.3 Å². The van der Waals surface area contributed by atoms with Crippen LogP contribution in [0.15, 0.2) is 41.5 Å². The number of hydrogen-bond donors (Lipinski definition) is 1. The van der Waals surface area contributed by atoms with Crippen molar-refractivity contribution in [3.05, 3.63) is 58.1 Å². The van der Waals surface area contributed by atoms with Crippen molar-refractivity contribution in [2.45, 2.75) is 6.92 Å². The fraction of sp³-hybridized carbons (Fsp3) is 0.176. The number of rotatable bonds is 5. The van der Waals surface area contributed by atoms with Crippen LogP contribution in [0.25, 0.3) is 0 Å². The Hall–Kier alpha value is -2.53. The highest BCUT2D eigenvalue weighted by molar-refractivity contribution is 6.32. The van der Waals surface area contributed by atoms with E-state index in [0.717, 1.165) is 5.56 Å². The zero-order chi connectivity index (χ0) is 16.8. The number of nitrogens with one attached hydrogen (secondary N) is 1. The average molecular weight is 333 g/mol. The van der Waals surface area contributed by atoms with Crippen molar-refractivity contribution < 1.29 is 14.3 Å². The Kier molecular flexibility index (Phi) is 5.60. The normalized spacial score (nSPS) is 10.6. The van der Waals surface area contributed by atoms with Crippen LogP contribution in [0, 0.1) is 6.92 Å². The largest absolute Gasteiger partial charge is 0.496 e. The van der Waals surface area contributed by atoms with Gasteiger partial charge in [0, 0.05) is 17.2 Å². The van der Waals surface area contributed by atoms with Gasteiger partial charge in [-0.25, -0.2) is 5.43 Å². The molecule has 0 saturated carbocycles. The summed E-state index contributed by atoms with van der Waals surface area (Å²) in [5, 5.41) is 4.37. The maximum absolute atomic E-state index is 12.0. The van der Waals surface area contributed by atoms with Gasteiger partial charge in [-0.15, -0.1) is 0 Å². The minimum Gasteiger partial charge on any atom is -0.496 e. The molecule has 1 amide bonds. The quantitative estimate of drug-likeness (QED) is 0.674. The van der Waals surface area contributed by atoms with Gasteiger partial charge in [-0.3, -0.25) is 4.79 Å². The third-order valence-electron chi connectivity index (χ3n) is 3.19. The summed E-state index contributed by atoms with van der Waals surface area (Å²) < 4.78 is 10.4. The summed E-state index contributed by atoms with van der Waals surface area (Å²) in [6.45, 7) is 1.96. The topological polar surface area (TPSA) is 59.9 Å². The lowest BCUT2D eigenvalue weighted by Crippen LogP contribution is -2.17. The first-order valence-corrected chi connectivity index (χ1v) is 7.24. The molecule has 0 aliphatic heterocycles. The van der Waals surface area contributed by atoms with Crippen molar-refractivity contribution in [3.8, 4) is 11.5 Å². The minimum absolute atomic E-state index is 0.292. The second-order valence-electron chi connectivity index (χ2n) is 4.79. The van der Waals surface area contributed by atoms with E-state index in [1.165, 1.54) is 20.4 Å². The molecule has 0 spiro atoms. The number of halogens is 1. The molecule has 120 valence electrons. The summed E-state index contributed by atoms with van der Waals surface area (Å²) in [6, 6.07) is 10.5. The maximum Gasteiger partial charge on any atom is 0.271 e. The van der Waals surface area contributed by atoms with E-state index in [2.05, 4.69) is 10.5 Å². The number of aryl methyl sites for hydroxylation is 1. The highest BCUT2D eigenvalue weighted by Gasteiger charge is 2.09. The molecule has 2 aromatic rings. The van der Waals surface area contributed by atoms with E-state index in [9.17, 15) is 4.79 Å². The first kappa shape index (κ1) is 16.8. The number of benzene rings is 2. The van der Waals surface area contributed by atoms with Crippen LogP contribution in [0.1, 0.15) is 21.5 Å². The summed E-state index contributed by atoms with van der Waals surface area (Å²) in [4.78, 5) is 12.0. The number of hydrogen-bond acceptors (Lipinski definition) is 4. The van der Waals surface area contributed by atoms with Crippen molar-refractivity contribution in [2.24, 2.45) is 5.10 Å². The van der Waals surface area contributed by atoms with Crippen LogP contribution >= 0.6 is 11.6 Å². The summed E-state index contributed by atoms with van der Waals surface area (Å²) in [5.74, 6) is 0.753. The molecule has 0 atom stereocenters. The Labute approximate surface area is 139 Å². The van der Waals surface area contributed by atoms with E-state index < -0.39 is 0 Å². The summed E-state index contributed by atoms with van der Waals surface area (Å²) >= 11 is 6.08. The number of ether oxygens (including phenoxy) is 2. The summed E-state index contributed by atoms with van der Waals surface area (Å²) in [5.41, 5.74) is 4.71. The Balaban J connectivity index is 2.12. The zero-order valence-corrected chi connectivity index (χ0v) is 13.8. The molecule has 0 saturated heterocycles. The molecular formula is C17H17ClN2O3. The molecule has 2 rings (SSSR count). The van der Waals surface area contributed by atoms with Crippen molar-refractivity contribution in [1.29, 1.82) is 0 Å². The minimum atomic E-state index is -0.292. The monoisotopic (exact) mass is 332 g/mol. The zero-order valence-electron chi connectivity index (χ0n) is 13.1. The van der Waals surface area contributed by atoms with Crippen LogP contribution in [0.2, 0.25) is 5.02 Å². The van der Waals surface area contributed by atoms with Crippen molar-refractivity contribution in [3.63, 3.8) is 0 Å². The second kappa shape index (κ2) is 7.65. The van der Waals surface area contributed by atoms with Gasteiger partial charge in [-0.2, -0.15) is 5.10 Å². The molecule has 0 unspecified atom stereocenters. The molecule has 1 N–H and O–H groups in total. The number of nitrogens with zero attached hydrogens (tertiary/aromatic N) is 1. The van der Waals surface area contributed by atoms with E-state index in [-0.39, 0.29) is 5.91 Å². The number of hydrazone groups is 1. The predicted molar refractivity (Wildman–Crippen MR) is 90.8 cm³/mol. The van der Waals surface area contributed by atoms with Crippen LogP contribution in [-0.2, 0) is 0 Å². The van der Waals surface area contributed by atoms with Crippen LogP contribution in [0.5, 0.6) is 11.5 Å². The predicted octanol–water partition coefficient (Wildman–Crippen LogP) is 3.43. The lowest BCUT2D eigenvalue weighted by atomic mass is 10.1. The van der Waals surface area contributed by atoms with Gasteiger partial charge in [0.25, 0.3) is 5.91 Å². The molecule has 6 heteroatoms. The Morgan fingerprint density at radius 3 is 2.39 bits per heavy atom. The highest BCUT2D eigenvalue weighted by atomic mass is 35.5. The maximum atomic E-state index is 12.0. The summed E-state index contributed by atoms with van der Waals surface area (Å²) in [6.07, 6.45) is 1.47. The van der Waals surface area contributed by atoms with Crippen LogP contribution < -0.4 is 14.9 Å². The van der Waals surface area contributed by atoms with Crippen LogP contribution in [0.3, 0.4) is 0 Å². The molecular weight excluding hydrogens is 316 g/mol. The van der Waals surface area contributed by atoms with E-state index >= 15 is 0 Å². The van der Waals surface area contributed by atoms with Crippen molar-refractivity contribution in [1.82, 2.24) is 5.43 Å². The number of carbonyl (C=O) groups excluding carboxylic acids is 1. The molecule has 2 aromatic carbocycles.